The topological polar surface area (TPSA) is 131 Å². The Bertz CT molecular complexity index is 1530. The molecule has 0 atom stereocenters. The third-order valence-corrected chi connectivity index (χ3v) is 9.39. The second-order valence-electron chi connectivity index (χ2n) is 8.61. The number of benzene rings is 3. The molecule has 0 saturated carbocycles. The third-order valence-electron chi connectivity index (χ3n) is 6.13. The Morgan fingerprint density at radius 2 is 1.45 bits per heavy atom. The summed E-state index contributed by atoms with van der Waals surface area (Å²) >= 11 is 0. The highest BCUT2D eigenvalue weighted by Crippen LogP contribution is 2.31. The summed E-state index contributed by atoms with van der Waals surface area (Å²) in [4.78, 5) is 13.0. The standard InChI is InChI=1S/C26H29N3O7S2/c1-35-24-12-5-4-11-22(24)28-37(31,32)20-10-8-9-19(17-20)26(30)27-23-18-21(13-14-25(23)36-2)38(33,34)29-15-6-3-7-16-29/h4-5,8-14,17-18,28H,3,6-7,15-16H2,1-2H3,(H,27,30). The predicted octanol–water partition coefficient (Wildman–Crippen LogP) is 3.93. The van der Waals surface area contributed by atoms with E-state index in [1.54, 1.807) is 24.3 Å². The van der Waals surface area contributed by atoms with Gasteiger partial charge in [0.05, 0.1) is 35.4 Å². The molecule has 0 radical (unpaired) electrons. The second-order valence-corrected chi connectivity index (χ2v) is 12.2. The monoisotopic (exact) mass is 559 g/mol. The van der Waals surface area contributed by atoms with Gasteiger partial charge in [-0.15, -0.1) is 0 Å². The summed E-state index contributed by atoms with van der Waals surface area (Å²) in [7, 11) is -4.96. The summed E-state index contributed by atoms with van der Waals surface area (Å²) in [5.74, 6) is -0.0285. The minimum atomic E-state index is -4.05. The average molecular weight is 560 g/mol. The minimum Gasteiger partial charge on any atom is -0.495 e. The molecule has 1 aliphatic heterocycles. The number of ether oxygens (including phenoxy) is 2. The van der Waals surface area contributed by atoms with E-state index in [9.17, 15) is 21.6 Å². The van der Waals surface area contributed by atoms with Crippen molar-refractivity contribution >= 4 is 37.3 Å². The molecule has 1 aliphatic rings. The Hall–Kier alpha value is -3.61. The highest BCUT2D eigenvalue weighted by Gasteiger charge is 2.27. The maximum atomic E-state index is 13.1. The van der Waals surface area contributed by atoms with E-state index in [1.807, 2.05) is 0 Å². The summed E-state index contributed by atoms with van der Waals surface area (Å²) in [6.45, 7) is 0.889. The van der Waals surface area contributed by atoms with Gasteiger partial charge in [0.1, 0.15) is 11.5 Å². The van der Waals surface area contributed by atoms with Gasteiger partial charge in [0.2, 0.25) is 10.0 Å². The van der Waals surface area contributed by atoms with E-state index in [4.69, 9.17) is 9.47 Å². The molecule has 0 aliphatic carbocycles. The van der Waals surface area contributed by atoms with Gasteiger partial charge in [0, 0.05) is 18.7 Å². The molecule has 0 bridgehead atoms. The van der Waals surface area contributed by atoms with Crippen LogP contribution >= 0.6 is 0 Å². The first-order chi connectivity index (χ1) is 18.2. The van der Waals surface area contributed by atoms with Crippen LogP contribution in [0.3, 0.4) is 0 Å². The molecule has 1 fully saturated rings. The van der Waals surface area contributed by atoms with Crippen LogP contribution in [-0.2, 0) is 20.0 Å². The first-order valence-electron chi connectivity index (χ1n) is 11.9. The maximum absolute atomic E-state index is 13.1. The maximum Gasteiger partial charge on any atom is 0.262 e. The van der Waals surface area contributed by atoms with Crippen molar-refractivity contribution < 1.29 is 31.1 Å². The Morgan fingerprint density at radius 3 is 2.16 bits per heavy atom. The van der Waals surface area contributed by atoms with Crippen molar-refractivity contribution in [2.75, 3.05) is 37.3 Å². The lowest BCUT2D eigenvalue weighted by molar-refractivity contribution is 0.102. The van der Waals surface area contributed by atoms with Gasteiger partial charge in [-0.3, -0.25) is 9.52 Å². The number of hydrogen-bond donors (Lipinski definition) is 2. The average Bonchev–Trinajstić information content (AvgIpc) is 2.93. The number of hydrogen-bond acceptors (Lipinski definition) is 7. The molecule has 1 heterocycles. The zero-order chi connectivity index (χ0) is 27.3. The number of nitrogens with one attached hydrogen (secondary N) is 2. The molecule has 0 spiro atoms. The number of anilines is 2. The lowest BCUT2D eigenvalue weighted by atomic mass is 10.2. The van der Waals surface area contributed by atoms with Crippen LogP contribution in [-0.4, -0.2) is 54.4 Å². The Labute approximate surface area is 222 Å². The molecule has 1 saturated heterocycles. The zero-order valence-electron chi connectivity index (χ0n) is 21.0. The number of carbonyl (C=O) groups excluding carboxylic acids is 1. The fourth-order valence-electron chi connectivity index (χ4n) is 4.13. The molecule has 12 heteroatoms. The summed E-state index contributed by atoms with van der Waals surface area (Å²) in [5, 5.41) is 2.66. The molecule has 4 rings (SSSR count). The van der Waals surface area contributed by atoms with Crippen molar-refractivity contribution in [2.24, 2.45) is 0 Å². The highest BCUT2D eigenvalue weighted by molar-refractivity contribution is 7.92. The van der Waals surface area contributed by atoms with Gasteiger partial charge in [-0.25, -0.2) is 16.8 Å². The van der Waals surface area contributed by atoms with E-state index in [2.05, 4.69) is 10.0 Å². The molecular weight excluding hydrogens is 530 g/mol. The fraction of sp³-hybridized carbons (Fsp3) is 0.269. The lowest BCUT2D eigenvalue weighted by Gasteiger charge is -2.26. The van der Waals surface area contributed by atoms with Crippen molar-refractivity contribution in [3.8, 4) is 11.5 Å². The Kier molecular flexibility index (Phi) is 8.24. The number of carbonyl (C=O) groups is 1. The van der Waals surface area contributed by atoms with Crippen LogP contribution in [0.2, 0.25) is 0 Å². The van der Waals surface area contributed by atoms with Crippen molar-refractivity contribution in [1.82, 2.24) is 4.31 Å². The smallest absolute Gasteiger partial charge is 0.262 e. The quantitative estimate of drug-likeness (QED) is 0.406. The van der Waals surface area contributed by atoms with Crippen molar-refractivity contribution in [2.45, 2.75) is 29.1 Å². The number of piperidine rings is 1. The molecule has 38 heavy (non-hydrogen) atoms. The molecule has 0 aromatic heterocycles. The zero-order valence-corrected chi connectivity index (χ0v) is 22.6. The van der Waals surface area contributed by atoms with Gasteiger partial charge in [-0.1, -0.05) is 24.6 Å². The number of amides is 1. The molecule has 3 aromatic carbocycles. The van der Waals surface area contributed by atoms with Gasteiger partial charge in [0.15, 0.2) is 0 Å². The summed E-state index contributed by atoms with van der Waals surface area (Å²) in [6, 6.07) is 16.3. The molecule has 0 unspecified atom stereocenters. The van der Waals surface area contributed by atoms with Crippen LogP contribution in [0.4, 0.5) is 11.4 Å². The van der Waals surface area contributed by atoms with E-state index in [1.165, 1.54) is 61.0 Å². The second kappa shape index (κ2) is 11.4. The Morgan fingerprint density at radius 1 is 0.763 bits per heavy atom. The number of sulfonamides is 2. The summed E-state index contributed by atoms with van der Waals surface area (Å²) in [6.07, 6.45) is 2.58. The van der Waals surface area contributed by atoms with Gasteiger partial charge in [0.25, 0.3) is 15.9 Å². The Balaban J connectivity index is 1.59. The molecule has 1 amide bonds. The van der Waals surface area contributed by atoms with E-state index >= 15 is 0 Å². The molecule has 10 nitrogen and oxygen atoms in total. The summed E-state index contributed by atoms with van der Waals surface area (Å²) < 4.78 is 66.7. The van der Waals surface area contributed by atoms with Crippen LogP contribution in [0, 0.1) is 0 Å². The molecular formula is C26H29N3O7S2. The van der Waals surface area contributed by atoms with Crippen LogP contribution < -0.4 is 19.5 Å². The van der Waals surface area contributed by atoms with Crippen molar-refractivity contribution in [1.29, 1.82) is 0 Å². The highest BCUT2D eigenvalue weighted by atomic mass is 32.2. The minimum absolute atomic E-state index is 0.0350. The first kappa shape index (κ1) is 27.4. The van der Waals surface area contributed by atoms with Gasteiger partial charge < -0.3 is 14.8 Å². The van der Waals surface area contributed by atoms with E-state index in [0.29, 0.717) is 18.8 Å². The third kappa shape index (κ3) is 5.93. The lowest BCUT2D eigenvalue weighted by Crippen LogP contribution is -2.35. The molecule has 2 N–H and O–H groups in total. The van der Waals surface area contributed by atoms with E-state index in [-0.39, 0.29) is 32.5 Å². The van der Waals surface area contributed by atoms with Gasteiger partial charge >= 0.3 is 0 Å². The van der Waals surface area contributed by atoms with Crippen molar-refractivity contribution in [3.05, 3.63) is 72.3 Å². The van der Waals surface area contributed by atoms with Crippen LogP contribution in [0.1, 0.15) is 29.6 Å². The predicted molar refractivity (Wildman–Crippen MR) is 144 cm³/mol. The van der Waals surface area contributed by atoms with E-state index in [0.717, 1.165) is 19.3 Å². The summed E-state index contributed by atoms with van der Waals surface area (Å²) in [5.41, 5.74) is 0.455. The van der Waals surface area contributed by atoms with Crippen molar-refractivity contribution in [3.63, 3.8) is 0 Å². The number of methoxy groups -OCH3 is 2. The number of nitrogens with zero attached hydrogens (tertiary/aromatic N) is 1. The normalized spacial score (nSPS) is 14.5. The SMILES string of the molecule is COc1ccc(S(=O)(=O)N2CCCCC2)cc1NC(=O)c1cccc(S(=O)(=O)Nc2ccccc2OC)c1. The van der Waals surface area contributed by atoms with Crippen LogP contribution in [0.15, 0.2) is 76.5 Å². The van der Waals surface area contributed by atoms with Gasteiger partial charge in [-0.2, -0.15) is 4.31 Å². The van der Waals surface area contributed by atoms with Crippen LogP contribution in [0.5, 0.6) is 11.5 Å². The number of rotatable bonds is 9. The van der Waals surface area contributed by atoms with E-state index < -0.39 is 26.0 Å². The first-order valence-corrected chi connectivity index (χ1v) is 14.8. The fourth-order valence-corrected chi connectivity index (χ4v) is 6.79. The molecule has 3 aromatic rings. The molecule has 202 valence electrons. The van der Waals surface area contributed by atoms with Gasteiger partial charge in [-0.05, 0) is 61.4 Å². The largest absolute Gasteiger partial charge is 0.495 e. The van der Waals surface area contributed by atoms with Crippen LogP contribution in [0.25, 0.3) is 0 Å². The number of para-hydroxylation sites is 2.